The Balaban J connectivity index is 1.46. The summed E-state index contributed by atoms with van der Waals surface area (Å²) in [4.78, 5) is 31.1. The van der Waals surface area contributed by atoms with Crippen LogP contribution in [-0.2, 0) is 16.1 Å². The highest BCUT2D eigenvalue weighted by molar-refractivity contribution is 5.94. The number of rotatable bonds is 7. The summed E-state index contributed by atoms with van der Waals surface area (Å²) in [6.07, 6.45) is 1.45. The number of carbonyl (C=O) groups is 2. The van der Waals surface area contributed by atoms with Crippen LogP contribution in [0, 0.1) is 0 Å². The minimum absolute atomic E-state index is 0.0660. The highest BCUT2D eigenvalue weighted by Gasteiger charge is 2.24. The van der Waals surface area contributed by atoms with Crippen molar-refractivity contribution in [3.8, 4) is 0 Å². The molecule has 1 N–H and O–H groups in total. The number of morpholine rings is 1. The second-order valence-electron chi connectivity index (χ2n) is 8.57. The summed E-state index contributed by atoms with van der Waals surface area (Å²) >= 11 is 0. The first-order valence-electron chi connectivity index (χ1n) is 11.2. The molecule has 2 atom stereocenters. The third kappa shape index (κ3) is 6.52. The van der Waals surface area contributed by atoms with Gasteiger partial charge in [0.1, 0.15) is 0 Å². The number of piperazine rings is 1. The smallest absolute Gasteiger partial charge is 0.253 e. The van der Waals surface area contributed by atoms with Gasteiger partial charge in [-0.1, -0.05) is 19.1 Å². The molecule has 2 fully saturated rings. The Bertz CT molecular complexity index is 691. The molecule has 0 spiro atoms. The molecule has 7 nitrogen and oxygen atoms in total. The van der Waals surface area contributed by atoms with E-state index in [1.54, 1.807) is 0 Å². The standard InChI is InChI=1S/C23H36N4O3/c1-4-9-24-22(28)17-25-10-12-27(13-11-25)23(29)21-7-5-20(6-8-21)16-26-14-18(2)30-19(3)15-26/h5-8,18-19H,4,9-17H2,1-3H3,(H,24,28). The van der Waals surface area contributed by atoms with E-state index in [-0.39, 0.29) is 24.0 Å². The maximum Gasteiger partial charge on any atom is 0.253 e. The Hall–Kier alpha value is -1.96. The van der Waals surface area contributed by atoms with Crippen molar-refractivity contribution >= 4 is 11.8 Å². The molecule has 0 aromatic heterocycles. The minimum atomic E-state index is 0.0660. The molecule has 166 valence electrons. The van der Waals surface area contributed by atoms with E-state index in [0.717, 1.165) is 51.3 Å². The summed E-state index contributed by atoms with van der Waals surface area (Å²) in [5.74, 6) is 0.140. The fourth-order valence-corrected chi connectivity index (χ4v) is 4.24. The van der Waals surface area contributed by atoms with Crippen molar-refractivity contribution in [3.63, 3.8) is 0 Å². The summed E-state index contributed by atoms with van der Waals surface area (Å²) in [6, 6.07) is 8.00. The van der Waals surface area contributed by atoms with Crippen LogP contribution in [0.15, 0.2) is 24.3 Å². The van der Waals surface area contributed by atoms with Crippen LogP contribution in [0.25, 0.3) is 0 Å². The van der Waals surface area contributed by atoms with Crippen LogP contribution in [0.3, 0.4) is 0 Å². The molecule has 0 saturated carbocycles. The average molecular weight is 417 g/mol. The summed E-state index contributed by atoms with van der Waals surface area (Å²) in [7, 11) is 0. The number of benzene rings is 1. The first kappa shape index (κ1) is 22.7. The van der Waals surface area contributed by atoms with Crippen molar-refractivity contribution in [1.29, 1.82) is 0 Å². The van der Waals surface area contributed by atoms with Crippen LogP contribution in [0.4, 0.5) is 0 Å². The molecule has 2 heterocycles. The average Bonchev–Trinajstić information content (AvgIpc) is 2.72. The lowest BCUT2D eigenvalue weighted by atomic mass is 10.1. The van der Waals surface area contributed by atoms with E-state index < -0.39 is 0 Å². The van der Waals surface area contributed by atoms with Crippen LogP contribution < -0.4 is 5.32 Å². The zero-order valence-corrected chi connectivity index (χ0v) is 18.6. The van der Waals surface area contributed by atoms with Crippen LogP contribution in [0.2, 0.25) is 0 Å². The van der Waals surface area contributed by atoms with Gasteiger partial charge in [0.25, 0.3) is 5.91 Å². The predicted octanol–water partition coefficient (Wildman–Crippen LogP) is 1.58. The number of hydrogen-bond donors (Lipinski definition) is 1. The van der Waals surface area contributed by atoms with Crippen molar-refractivity contribution in [3.05, 3.63) is 35.4 Å². The van der Waals surface area contributed by atoms with E-state index in [1.165, 1.54) is 5.56 Å². The minimum Gasteiger partial charge on any atom is -0.373 e. The Kier molecular flexibility index (Phi) is 8.24. The molecule has 0 bridgehead atoms. The molecule has 2 saturated heterocycles. The molecular weight excluding hydrogens is 380 g/mol. The summed E-state index contributed by atoms with van der Waals surface area (Å²) in [5.41, 5.74) is 1.95. The molecule has 1 aromatic carbocycles. The van der Waals surface area contributed by atoms with Gasteiger partial charge in [-0.05, 0) is 38.0 Å². The second kappa shape index (κ2) is 10.9. The van der Waals surface area contributed by atoms with Gasteiger partial charge < -0.3 is 15.0 Å². The first-order valence-corrected chi connectivity index (χ1v) is 11.2. The molecule has 3 rings (SSSR count). The number of carbonyl (C=O) groups excluding carboxylic acids is 2. The molecule has 1 aromatic rings. The van der Waals surface area contributed by atoms with E-state index >= 15 is 0 Å². The lowest BCUT2D eigenvalue weighted by Crippen LogP contribution is -2.51. The van der Waals surface area contributed by atoms with Crippen LogP contribution in [0.5, 0.6) is 0 Å². The van der Waals surface area contributed by atoms with Crippen molar-refractivity contribution < 1.29 is 14.3 Å². The van der Waals surface area contributed by atoms with Crippen LogP contribution in [0.1, 0.15) is 43.1 Å². The van der Waals surface area contributed by atoms with Gasteiger partial charge in [-0.15, -0.1) is 0 Å². The van der Waals surface area contributed by atoms with Gasteiger partial charge >= 0.3 is 0 Å². The van der Waals surface area contributed by atoms with Gasteiger partial charge in [-0.2, -0.15) is 0 Å². The van der Waals surface area contributed by atoms with Crippen molar-refractivity contribution in [1.82, 2.24) is 20.0 Å². The normalized spacial score (nSPS) is 23.4. The number of nitrogens with zero attached hydrogens (tertiary/aromatic N) is 3. The zero-order valence-electron chi connectivity index (χ0n) is 18.6. The summed E-state index contributed by atoms with van der Waals surface area (Å²) in [5, 5.41) is 2.91. The van der Waals surface area contributed by atoms with Crippen molar-refractivity contribution in [2.24, 2.45) is 0 Å². The van der Waals surface area contributed by atoms with Crippen molar-refractivity contribution in [2.45, 2.75) is 45.9 Å². The first-order chi connectivity index (χ1) is 14.4. The second-order valence-corrected chi connectivity index (χ2v) is 8.57. The Morgan fingerprint density at radius 1 is 1.00 bits per heavy atom. The molecule has 30 heavy (non-hydrogen) atoms. The fraction of sp³-hybridized carbons (Fsp3) is 0.652. The molecule has 0 radical (unpaired) electrons. The predicted molar refractivity (Wildman–Crippen MR) is 117 cm³/mol. The highest BCUT2D eigenvalue weighted by atomic mass is 16.5. The molecule has 2 amide bonds. The van der Waals surface area contributed by atoms with Gasteiger partial charge in [0.15, 0.2) is 0 Å². The molecule has 0 aliphatic carbocycles. The van der Waals surface area contributed by atoms with E-state index in [4.69, 9.17) is 4.74 Å². The monoisotopic (exact) mass is 416 g/mol. The number of hydrogen-bond acceptors (Lipinski definition) is 5. The van der Waals surface area contributed by atoms with E-state index in [1.807, 2.05) is 24.0 Å². The fourth-order valence-electron chi connectivity index (χ4n) is 4.24. The number of nitrogens with one attached hydrogen (secondary N) is 1. The number of amides is 2. The largest absolute Gasteiger partial charge is 0.373 e. The molecule has 2 aliphatic heterocycles. The van der Waals surface area contributed by atoms with E-state index in [0.29, 0.717) is 19.6 Å². The van der Waals surface area contributed by atoms with Crippen molar-refractivity contribution in [2.75, 3.05) is 52.4 Å². The zero-order chi connectivity index (χ0) is 21.5. The van der Waals surface area contributed by atoms with Gasteiger partial charge in [0, 0.05) is 57.9 Å². The Morgan fingerprint density at radius 3 is 2.23 bits per heavy atom. The maximum absolute atomic E-state index is 12.9. The van der Waals surface area contributed by atoms with Gasteiger partial charge in [0.05, 0.1) is 18.8 Å². The van der Waals surface area contributed by atoms with E-state index in [9.17, 15) is 9.59 Å². The third-order valence-corrected chi connectivity index (χ3v) is 5.70. The SMILES string of the molecule is CCCNC(=O)CN1CCN(C(=O)c2ccc(CN3CC(C)OC(C)C3)cc2)CC1. The van der Waals surface area contributed by atoms with Crippen LogP contribution in [-0.4, -0.2) is 91.1 Å². The number of ether oxygens (including phenoxy) is 1. The van der Waals surface area contributed by atoms with Gasteiger partial charge in [-0.25, -0.2) is 0 Å². The molecule has 2 unspecified atom stereocenters. The molecule has 2 aliphatic rings. The lowest BCUT2D eigenvalue weighted by molar-refractivity contribution is -0.122. The molecule has 7 heteroatoms. The topological polar surface area (TPSA) is 65.1 Å². The van der Waals surface area contributed by atoms with E-state index in [2.05, 4.69) is 41.1 Å². The summed E-state index contributed by atoms with van der Waals surface area (Å²) in [6.45, 7) is 12.9. The Morgan fingerprint density at radius 2 is 1.63 bits per heavy atom. The lowest BCUT2D eigenvalue weighted by Gasteiger charge is -2.35. The van der Waals surface area contributed by atoms with Gasteiger partial charge in [-0.3, -0.25) is 19.4 Å². The van der Waals surface area contributed by atoms with Crippen LogP contribution >= 0.6 is 0 Å². The third-order valence-electron chi connectivity index (χ3n) is 5.70. The summed E-state index contributed by atoms with van der Waals surface area (Å²) < 4.78 is 5.80. The van der Waals surface area contributed by atoms with Gasteiger partial charge in [0.2, 0.25) is 5.91 Å². The quantitative estimate of drug-likeness (QED) is 0.731. The Labute approximate surface area is 180 Å². The molecular formula is C23H36N4O3. The maximum atomic E-state index is 12.9. The highest BCUT2D eigenvalue weighted by Crippen LogP contribution is 2.16.